The summed E-state index contributed by atoms with van der Waals surface area (Å²) in [5, 5.41) is 0. The number of aromatic amines is 1. The number of nitrogens with one attached hydrogen (secondary N) is 1. The van der Waals surface area contributed by atoms with E-state index in [-0.39, 0.29) is 6.09 Å². The number of carbonyl (C=O) groups is 1. The average molecular weight is 547 g/mol. The number of rotatable bonds is 5. The third-order valence-corrected chi connectivity index (χ3v) is 5.65. The van der Waals surface area contributed by atoms with Gasteiger partial charge in [0.15, 0.2) is 0 Å². The average Bonchev–Trinajstić information content (AvgIpc) is 3.06. The van der Waals surface area contributed by atoms with Gasteiger partial charge in [-0.3, -0.25) is 0 Å². The van der Waals surface area contributed by atoms with E-state index in [1.54, 1.807) is 16.0 Å². The summed E-state index contributed by atoms with van der Waals surface area (Å²) in [6.07, 6.45) is 1.83. The zero-order valence-corrected chi connectivity index (χ0v) is 20.6. The van der Waals surface area contributed by atoms with Gasteiger partial charge in [0.25, 0.3) is 5.92 Å². The van der Waals surface area contributed by atoms with E-state index < -0.39 is 18.1 Å². The summed E-state index contributed by atoms with van der Waals surface area (Å²) in [5.74, 6) is -1.82. The summed E-state index contributed by atoms with van der Waals surface area (Å²) < 4.78 is 33.9. The van der Waals surface area contributed by atoms with E-state index in [9.17, 15) is 13.6 Å². The molecule has 1 amide bonds. The van der Waals surface area contributed by atoms with Gasteiger partial charge in [0.05, 0.1) is 30.0 Å². The third kappa shape index (κ3) is 5.83. The van der Waals surface area contributed by atoms with Gasteiger partial charge in [-0.25, -0.2) is 23.5 Å². The Bertz CT molecular complexity index is 952. The van der Waals surface area contributed by atoms with Crippen LogP contribution >= 0.6 is 22.6 Å². The van der Waals surface area contributed by atoms with E-state index >= 15 is 0 Å². The highest BCUT2D eigenvalue weighted by Gasteiger charge is 2.31. The second-order valence-corrected chi connectivity index (χ2v) is 9.90. The Morgan fingerprint density at radius 2 is 2.06 bits per heavy atom. The van der Waals surface area contributed by atoms with Gasteiger partial charge in [-0.15, -0.1) is 0 Å². The molecule has 0 radical (unpaired) electrons. The summed E-state index contributed by atoms with van der Waals surface area (Å²) in [4.78, 5) is 28.1. The molecule has 2 aromatic heterocycles. The molecule has 0 aromatic carbocycles. The van der Waals surface area contributed by atoms with Crippen molar-refractivity contribution in [1.82, 2.24) is 19.9 Å². The predicted octanol–water partition coefficient (Wildman–Crippen LogP) is 4.85. The van der Waals surface area contributed by atoms with Crippen molar-refractivity contribution >= 4 is 34.5 Å². The fraction of sp³-hybridized carbons (Fsp3) is 0.571. The van der Waals surface area contributed by atoms with Crippen LogP contribution in [0.1, 0.15) is 46.0 Å². The number of ether oxygens (including phenoxy) is 1. The number of fused-ring (bicyclic) bond motifs is 1. The fourth-order valence-electron chi connectivity index (χ4n) is 3.45. The molecule has 3 heterocycles. The van der Waals surface area contributed by atoms with Crippen LogP contribution < -0.4 is 4.90 Å². The normalized spacial score (nSPS) is 14.4. The van der Waals surface area contributed by atoms with Gasteiger partial charge in [-0.1, -0.05) is 0 Å². The lowest BCUT2D eigenvalue weighted by molar-refractivity contribution is 0.0220. The van der Waals surface area contributed by atoms with Gasteiger partial charge in [0.1, 0.15) is 17.2 Å². The number of hydrogen-bond donors (Lipinski definition) is 1. The zero-order chi connectivity index (χ0) is 23.0. The highest BCUT2D eigenvalue weighted by molar-refractivity contribution is 14.1. The third-order valence-electron chi connectivity index (χ3n) is 4.75. The first kappa shape index (κ1) is 23.7. The monoisotopic (exact) mass is 547 g/mol. The van der Waals surface area contributed by atoms with E-state index in [4.69, 9.17) is 9.72 Å². The quantitative estimate of drug-likeness (QED) is 0.542. The molecule has 0 aliphatic carbocycles. The highest BCUT2D eigenvalue weighted by atomic mass is 127. The maximum atomic E-state index is 13.8. The van der Waals surface area contributed by atoms with Crippen LogP contribution in [0.2, 0.25) is 0 Å². The molecule has 7 nitrogen and oxygen atoms in total. The van der Waals surface area contributed by atoms with Gasteiger partial charge in [-0.2, -0.15) is 0 Å². The van der Waals surface area contributed by atoms with Crippen molar-refractivity contribution in [2.24, 2.45) is 0 Å². The number of imidazole rings is 1. The second kappa shape index (κ2) is 8.87. The van der Waals surface area contributed by atoms with E-state index in [1.165, 1.54) is 0 Å². The molecular formula is C21H28F2IN5O2. The molecule has 2 aromatic rings. The van der Waals surface area contributed by atoms with Crippen LogP contribution in [-0.4, -0.2) is 57.1 Å². The van der Waals surface area contributed by atoms with Crippen molar-refractivity contribution in [2.75, 3.05) is 24.5 Å². The van der Waals surface area contributed by atoms with Crippen molar-refractivity contribution in [1.29, 1.82) is 0 Å². The summed E-state index contributed by atoms with van der Waals surface area (Å²) in [6, 6.07) is 1.83. The number of aromatic nitrogens is 3. The van der Waals surface area contributed by atoms with Crippen LogP contribution in [0, 0.1) is 3.57 Å². The van der Waals surface area contributed by atoms with E-state index in [0.717, 1.165) is 21.9 Å². The smallest absolute Gasteiger partial charge is 0.410 e. The Morgan fingerprint density at radius 1 is 1.35 bits per heavy atom. The molecular weight excluding hydrogens is 519 g/mol. The molecule has 10 heteroatoms. The fourth-order valence-corrected chi connectivity index (χ4v) is 4.11. The number of amides is 1. The lowest BCUT2D eigenvalue weighted by Crippen LogP contribution is -2.39. The summed E-state index contributed by atoms with van der Waals surface area (Å²) in [7, 11) is 0. The van der Waals surface area contributed by atoms with E-state index in [1.807, 2.05) is 33.8 Å². The minimum absolute atomic E-state index is 0.355. The molecule has 1 aliphatic rings. The molecule has 31 heavy (non-hydrogen) atoms. The topological polar surface area (TPSA) is 74.4 Å². The van der Waals surface area contributed by atoms with Crippen molar-refractivity contribution in [2.45, 2.75) is 59.1 Å². The van der Waals surface area contributed by atoms with Gasteiger partial charge in [0.2, 0.25) is 0 Å². The van der Waals surface area contributed by atoms with Crippen molar-refractivity contribution in [3.05, 3.63) is 27.2 Å². The van der Waals surface area contributed by atoms with Crippen LogP contribution in [0.4, 0.5) is 19.4 Å². The lowest BCUT2D eigenvalue weighted by Gasteiger charge is -2.29. The Balaban J connectivity index is 1.92. The number of halogens is 3. The Morgan fingerprint density at radius 3 is 2.68 bits per heavy atom. The van der Waals surface area contributed by atoms with Gasteiger partial charge in [0, 0.05) is 36.2 Å². The lowest BCUT2D eigenvalue weighted by atomic mass is 10.1. The summed E-state index contributed by atoms with van der Waals surface area (Å²) in [6.45, 7) is 9.04. The minimum Gasteiger partial charge on any atom is -0.444 e. The molecule has 0 unspecified atom stereocenters. The number of nitrogens with zero attached hydrogens (tertiary/aromatic N) is 4. The number of hydrogen-bond acceptors (Lipinski definition) is 5. The highest BCUT2D eigenvalue weighted by Crippen LogP contribution is 2.34. The first-order valence-corrected chi connectivity index (χ1v) is 11.3. The summed E-state index contributed by atoms with van der Waals surface area (Å²) in [5.41, 5.74) is 1.81. The largest absolute Gasteiger partial charge is 0.444 e. The molecule has 0 atom stereocenters. The SMILES string of the molecule is CCN(CC(C)(F)F)c1nccc(I)c1-c1nc2c([nH]1)CN(C(=O)OC(C)(C)C)CC2. The first-order chi connectivity index (χ1) is 14.4. The molecule has 0 saturated heterocycles. The number of carbonyl (C=O) groups excluding carboxylic acids is 1. The molecule has 3 rings (SSSR count). The number of pyridine rings is 1. The van der Waals surface area contributed by atoms with Crippen LogP contribution in [0.25, 0.3) is 11.4 Å². The predicted molar refractivity (Wildman–Crippen MR) is 123 cm³/mol. The van der Waals surface area contributed by atoms with Crippen LogP contribution in [0.5, 0.6) is 0 Å². The zero-order valence-electron chi connectivity index (χ0n) is 18.4. The van der Waals surface area contributed by atoms with Crippen molar-refractivity contribution < 1.29 is 18.3 Å². The van der Waals surface area contributed by atoms with Crippen molar-refractivity contribution in [3.63, 3.8) is 0 Å². The minimum atomic E-state index is -2.85. The summed E-state index contributed by atoms with van der Waals surface area (Å²) >= 11 is 2.17. The van der Waals surface area contributed by atoms with Crippen LogP contribution in [0.3, 0.4) is 0 Å². The number of alkyl halides is 2. The number of H-pyrrole nitrogens is 1. The van der Waals surface area contributed by atoms with Gasteiger partial charge >= 0.3 is 6.09 Å². The Labute approximate surface area is 194 Å². The van der Waals surface area contributed by atoms with Gasteiger partial charge in [-0.05, 0) is 56.4 Å². The number of anilines is 1. The molecule has 0 bridgehead atoms. The Kier molecular flexibility index (Phi) is 6.78. The van der Waals surface area contributed by atoms with Gasteiger partial charge < -0.3 is 19.5 Å². The molecule has 170 valence electrons. The standard InChI is InChI=1S/C21H28F2IN5O2/c1-6-28(12-21(5,22)23)18-16(13(24)7-9-25-18)17-26-14-8-10-29(11-15(14)27-17)19(30)31-20(2,3)4/h7,9H,6,8,10-12H2,1-5H3,(H,26,27). The maximum absolute atomic E-state index is 13.8. The van der Waals surface area contributed by atoms with Crippen LogP contribution in [0.15, 0.2) is 12.3 Å². The van der Waals surface area contributed by atoms with Crippen LogP contribution in [-0.2, 0) is 17.7 Å². The van der Waals surface area contributed by atoms with E-state index in [2.05, 4.69) is 32.6 Å². The maximum Gasteiger partial charge on any atom is 0.410 e. The Hall–Kier alpha value is -1.98. The molecule has 1 N–H and O–H groups in total. The first-order valence-electron chi connectivity index (χ1n) is 10.2. The molecule has 0 fully saturated rings. The molecule has 0 spiro atoms. The van der Waals surface area contributed by atoms with E-state index in [0.29, 0.717) is 43.3 Å². The van der Waals surface area contributed by atoms with Crippen molar-refractivity contribution in [3.8, 4) is 11.4 Å². The second-order valence-electron chi connectivity index (χ2n) is 8.74. The molecule has 0 saturated carbocycles. The molecule has 1 aliphatic heterocycles.